The lowest BCUT2D eigenvalue weighted by molar-refractivity contribution is -0.143. The molecule has 0 bridgehead atoms. The van der Waals surface area contributed by atoms with Gasteiger partial charge in [0.15, 0.2) is 0 Å². The molecule has 0 aliphatic rings. The lowest BCUT2D eigenvalue weighted by Crippen LogP contribution is -2.45. The van der Waals surface area contributed by atoms with Gasteiger partial charge in [-0.2, -0.15) is 0 Å². The topological polar surface area (TPSA) is 95.9 Å². The third-order valence-corrected chi connectivity index (χ3v) is 11.2. The first-order valence-electron chi connectivity index (χ1n) is 24.8. The van der Waals surface area contributed by atoms with Crippen LogP contribution in [0.1, 0.15) is 251 Å². The Bertz CT molecular complexity index is 931. The minimum Gasteiger partial charge on any atom is -0.466 e. The number of ether oxygens (including phenoxy) is 1. The van der Waals surface area contributed by atoms with Crippen molar-refractivity contribution in [1.29, 1.82) is 0 Å². The average molecular weight is 802 g/mol. The molecule has 3 N–H and O–H groups in total. The van der Waals surface area contributed by atoms with Gasteiger partial charge in [0.1, 0.15) is 0 Å². The first kappa shape index (κ1) is 55.1. The number of carbonyl (C=O) groups is 2. The Morgan fingerprint density at radius 3 is 1.37 bits per heavy atom. The van der Waals surface area contributed by atoms with Crippen LogP contribution in [0.15, 0.2) is 36.5 Å². The van der Waals surface area contributed by atoms with Crippen LogP contribution in [0.3, 0.4) is 0 Å². The summed E-state index contributed by atoms with van der Waals surface area (Å²) in [4.78, 5) is 24.4. The van der Waals surface area contributed by atoms with Gasteiger partial charge in [-0.05, 0) is 64.2 Å². The van der Waals surface area contributed by atoms with E-state index >= 15 is 0 Å². The highest BCUT2D eigenvalue weighted by Gasteiger charge is 2.18. The van der Waals surface area contributed by atoms with Crippen LogP contribution in [-0.4, -0.2) is 47.4 Å². The van der Waals surface area contributed by atoms with Crippen molar-refractivity contribution in [1.82, 2.24) is 5.32 Å². The molecule has 0 aromatic carbocycles. The molecule has 0 aromatic heterocycles. The van der Waals surface area contributed by atoms with Crippen molar-refractivity contribution in [3.8, 4) is 0 Å². The average Bonchev–Trinajstić information content (AvgIpc) is 3.21. The number of hydrogen-bond donors (Lipinski definition) is 3. The largest absolute Gasteiger partial charge is 0.466 e. The van der Waals surface area contributed by atoms with E-state index in [1.807, 2.05) is 6.08 Å². The number of carbonyl (C=O) groups excluding carboxylic acids is 2. The second-order valence-corrected chi connectivity index (χ2v) is 16.8. The Hall–Kier alpha value is -1.92. The molecular formula is C51H95NO5. The molecule has 2 unspecified atom stereocenters. The number of allylic oxidation sites excluding steroid dienone is 5. The molecule has 57 heavy (non-hydrogen) atoms. The van der Waals surface area contributed by atoms with Gasteiger partial charge >= 0.3 is 5.97 Å². The van der Waals surface area contributed by atoms with Crippen molar-refractivity contribution in [2.45, 2.75) is 264 Å². The van der Waals surface area contributed by atoms with Gasteiger partial charge in [-0.3, -0.25) is 9.59 Å². The van der Waals surface area contributed by atoms with Crippen LogP contribution in [-0.2, 0) is 14.3 Å². The summed E-state index contributed by atoms with van der Waals surface area (Å²) < 4.78 is 5.45. The number of unbranched alkanes of at least 4 members (excludes halogenated alkanes) is 30. The van der Waals surface area contributed by atoms with Gasteiger partial charge < -0.3 is 20.3 Å². The zero-order valence-electron chi connectivity index (χ0n) is 37.8. The lowest BCUT2D eigenvalue weighted by atomic mass is 10.0. The Balaban J connectivity index is 3.50. The summed E-state index contributed by atoms with van der Waals surface area (Å²) in [5.74, 6) is -0.130. The maximum Gasteiger partial charge on any atom is 0.305 e. The summed E-state index contributed by atoms with van der Waals surface area (Å²) in [6.45, 7) is 4.79. The molecule has 0 aliphatic carbocycles. The SMILES string of the molecule is CCCCC/C=C\C/C=C\CCCCCCCCCCCC(=O)OCCCCCCCCCCCC(=O)NC(CO)C(O)/C=C/CCCCCCCCCCCC. The zero-order chi connectivity index (χ0) is 41.5. The molecule has 334 valence electrons. The Morgan fingerprint density at radius 2 is 0.877 bits per heavy atom. The number of esters is 1. The molecule has 0 fully saturated rings. The third-order valence-electron chi connectivity index (χ3n) is 11.2. The number of hydrogen-bond acceptors (Lipinski definition) is 5. The Labute approximate surface area is 353 Å². The normalized spacial score (nSPS) is 13.0. The van der Waals surface area contributed by atoms with Gasteiger partial charge in [0, 0.05) is 12.8 Å². The monoisotopic (exact) mass is 802 g/mol. The minimum absolute atomic E-state index is 0.0320. The molecule has 0 saturated heterocycles. The zero-order valence-corrected chi connectivity index (χ0v) is 37.8. The molecule has 0 aliphatic heterocycles. The van der Waals surface area contributed by atoms with Gasteiger partial charge in [0.2, 0.25) is 5.91 Å². The Morgan fingerprint density at radius 1 is 0.491 bits per heavy atom. The molecule has 0 spiro atoms. The van der Waals surface area contributed by atoms with E-state index in [0.29, 0.717) is 19.4 Å². The van der Waals surface area contributed by atoms with Gasteiger partial charge in [0.05, 0.1) is 25.4 Å². The van der Waals surface area contributed by atoms with Crippen molar-refractivity contribution in [2.24, 2.45) is 0 Å². The fourth-order valence-corrected chi connectivity index (χ4v) is 7.31. The molecule has 0 aromatic rings. The van der Waals surface area contributed by atoms with Crippen molar-refractivity contribution >= 4 is 11.9 Å². The van der Waals surface area contributed by atoms with Gasteiger partial charge in [-0.1, -0.05) is 211 Å². The molecule has 6 nitrogen and oxygen atoms in total. The standard InChI is InChI=1S/C51H95NO5/c1-3-5-7-9-11-13-15-17-18-19-20-21-22-23-25-29-33-37-41-45-51(56)57-46-42-38-34-30-26-28-32-36-40-44-50(55)52-48(47-53)49(54)43-39-35-31-27-24-16-14-12-10-8-6-4-2/h11,13,17-18,39,43,48-49,53-54H,3-10,12,14-16,19-38,40-42,44-47H2,1-2H3,(H,52,55)/b13-11-,18-17-,43-39+. The third kappa shape index (κ3) is 43.5. The molecule has 0 radical (unpaired) electrons. The fraction of sp³-hybridized carbons (Fsp3) is 0.843. The first-order chi connectivity index (χ1) is 28.0. The minimum atomic E-state index is -0.861. The summed E-state index contributed by atoms with van der Waals surface area (Å²) in [7, 11) is 0. The number of amides is 1. The van der Waals surface area contributed by atoms with Crippen molar-refractivity contribution in [2.75, 3.05) is 13.2 Å². The Kier molecular flexibility index (Phi) is 45.2. The van der Waals surface area contributed by atoms with Crippen LogP contribution in [0.5, 0.6) is 0 Å². The van der Waals surface area contributed by atoms with Gasteiger partial charge in [-0.25, -0.2) is 0 Å². The van der Waals surface area contributed by atoms with Crippen LogP contribution in [0, 0.1) is 0 Å². The summed E-state index contributed by atoms with van der Waals surface area (Å²) in [5.41, 5.74) is 0. The maximum atomic E-state index is 12.4. The smallest absolute Gasteiger partial charge is 0.305 e. The molecule has 6 heteroatoms. The van der Waals surface area contributed by atoms with Gasteiger partial charge in [0.25, 0.3) is 0 Å². The molecule has 1 amide bonds. The molecular weight excluding hydrogens is 707 g/mol. The van der Waals surface area contributed by atoms with Crippen LogP contribution >= 0.6 is 0 Å². The van der Waals surface area contributed by atoms with E-state index in [1.54, 1.807) is 6.08 Å². The van der Waals surface area contributed by atoms with E-state index in [4.69, 9.17) is 4.74 Å². The van der Waals surface area contributed by atoms with Gasteiger partial charge in [-0.15, -0.1) is 0 Å². The molecule has 0 saturated carbocycles. The van der Waals surface area contributed by atoms with E-state index in [0.717, 1.165) is 64.2 Å². The van der Waals surface area contributed by atoms with Crippen LogP contribution in [0.25, 0.3) is 0 Å². The molecule has 0 heterocycles. The lowest BCUT2D eigenvalue weighted by Gasteiger charge is -2.20. The van der Waals surface area contributed by atoms with E-state index in [2.05, 4.69) is 43.5 Å². The van der Waals surface area contributed by atoms with Crippen LogP contribution in [0.2, 0.25) is 0 Å². The fourth-order valence-electron chi connectivity index (χ4n) is 7.31. The summed E-state index contributed by atoms with van der Waals surface area (Å²) in [6.07, 6.45) is 55.6. The number of aliphatic hydroxyl groups excluding tert-OH is 2. The molecule has 0 rings (SSSR count). The summed E-state index contributed by atoms with van der Waals surface area (Å²) in [5, 5.41) is 23.0. The second kappa shape index (κ2) is 46.8. The van der Waals surface area contributed by atoms with Crippen molar-refractivity contribution < 1.29 is 24.5 Å². The van der Waals surface area contributed by atoms with Crippen LogP contribution < -0.4 is 5.32 Å². The first-order valence-corrected chi connectivity index (χ1v) is 24.8. The number of aliphatic hydroxyl groups is 2. The number of nitrogens with one attached hydrogen (secondary N) is 1. The highest BCUT2D eigenvalue weighted by atomic mass is 16.5. The van der Waals surface area contributed by atoms with Crippen molar-refractivity contribution in [3.05, 3.63) is 36.5 Å². The number of rotatable bonds is 45. The highest BCUT2D eigenvalue weighted by Crippen LogP contribution is 2.15. The quantitative estimate of drug-likeness (QED) is 0.0324. The second-order valence-electron chi connectivity index (χ2n) is 16.8. The van der Waals surface area contributed by atoms with E-state index < -0.39 is 12.1 Å². The summed E-state index contributed by atoms with van der Waals surface area (Å²) >= 11 is 0. The predicted octanol–water partition coefficient (Wildman–Crippen LogP) is 14.5. The van der Waals surface area contributed by atoms with E-state index in [9.17, 15) is 19.8 Å². The molecule has 2 atom stereocenters. The predicted molar refractivity (Wildman–Crippen MR) is 246 cm³/mol. The van der Waals surface area contributed by atoms with E-state index in [-0.39, 0.29) is 18.5 Å². The van der Waals surface area contributed by atoms with Crippen molar-refractivity contribution in [3.63, 3.8) is 0 Å². The summed E-state index contributed by atoms with van der Waals surface area (Å²) in [6, 6.07) is -0.647. The highest BCUT2D eigenvalue weighted by molar-refractivity contribution is 5.76. The van der Waals surface area contributed by atoms with Crippen LogP contribution in [0.4, 0.5) is 0 Å². The van der Waals surface area contributed by atoms with E-state index in [1.165, 1.54) is 161 Å². The maximum absolute atomic E-state index is 12.4.